The maximum Gasteiger partial charge on any atom is 0.277 e. The number of pyridine rings is 4. The third kappa shape index (κ3) is 19.2. The van der Waals surface area contributed by atoms with Gasteiger partial charge in [-0.3, -0.25) is 71.2 Å². The molecule has 4 aromatic carbocycles. The molecule has 604 valence electrons. The summed E-state index contributed by atoms with van der Waals surface area (Å²) >= 11 is 11.2. The number of halogens is 6. The third-order valence-corrected chi connectivity index (χ3v) is 19.6. The molecule has 0 bridgehead atoms. The van der Waals surface area contributed by atoms with Crippen molar-refractivity contribution in [3.8, 4) is 0 Å². The number of aromatic nitrogens is 10. The lowest BCUT2D eigenvalue weighted by atomic mass is 10.0. The number of carbonyl (C=O) groups is 8. The molecule has 3 fully saturated rings. The zero-order valence-electron chi connectivity index (χ0n) is 62.6. The van der Waals surface area contributed by atoms with Crippen LogP contribution in [-0.4, -0.2) is 95.7 Å². The minimum absolute atomic E-state index is 0.00729. The van der Waals surface area contributed by atoms with Gasteiger partial charge in [-0.1, -0.05) is 71.7 Å². The smallest absolute Gasteiger partial charge is 0.277 e. The second-order valence-electron chi connectivity index (χ2n) is 27.8. The predicted octanol–water partition coefficient (Wildman–Crippen LogP) is 9.34. The first kappa shape index (κ1) is 83.0. The summed E-state index contributed by atoms with van der Waals surface area (Å²) in [6.45, 7) is 6.32. The van der Waals surface area contributed by atoms with Gasteiger partial charge in [-0.05, 0) is 163 Å². The molecule has 10 heterocycles. The highest BCUT2D eigenvalue weighted by molar-refractivity contribution is 6.30. The average molecular weight is 1650 g/mol. The number of nitrogen functional groups attached to an aromatic ring is 1. The quantitative estimate of drug-likeness (QED) is 0.0336. The molecule has 38 heteroatoms. The zero-order chi connectivity index (χ0) is 84.7. The third-order valence-electron chi connectivity index (χ3n) is 19.0. The van der Waals surface area contributed by atoms with Crippen molar-refractivity contribution in [2.24, 2.45) is 23.5 Å². The number of primary amides is 1. The van der Waals surface area contributed by atoms with Gasteiger partial charge in [0.25, 0.3) is 45.9 Å². The first-order valence-electron chi connectivity index (χ1n) is 36.0. The molecule has 0 radical (unpaired) electrons. The van der Waals surface area contributed by atoms with Crippen molar-refractivity contribution in [1.82, 2.24) is 64.5 Å². The molecular weight excluding hydrogens is 1580 g/mol. The van der Waals surface area contributed by atoms with E-state index in [4.69, 9.17) is 34.7 Å². The van der Waals surface area contributed by atoms with Crippen LogP contribution in [0.25, 0.3) is 0 Å². The Morgan fingerprint density at radius 2 is 0.780 bits per heavy atom. The molecule has 7 amide bonds. The van der Waals surface area contributed by atoms with Gasteiger partial charge in [-0.2, -0.15) is 0 Å². The fourth-order valence-electron chi connectivity index (χ4n) is 12.4. The number of benzene rings is 4. The SMILES string of the molecule is CC(=O)c1cccc(F)c1.CC1(c2cccc(F)c2)NC(=O)c2ccc(Cl)c(=O)n21.CC1(c2cccc(F)c2)NC(=O)c2ccc(Nc3cc(NC(=O)C4CC4)ncn3)c(=O)n21.CC1(c2cccc(F)c2)NC(=O)c2ccc(Nc3cc(NC(=O)C4CC4)ncn3)c(=O)n21.NC(=O)c1ccc(Cl)c(=O)[nH]1.Nc1cc(NC(=O)C2CC2)ncn1. The van der Waals surface area contributed by atoms with Crippen molar-refractivity contribution >= 4 is 117 Å². The topological polar surface area (TPSA) is 461 Å². The van der Waals surface area contributed by atoms with E-state index in [-0.39, 0.29) is 91.3 Å². The number of hydrogen-bond acceptors (Lipinski definition) is 21. The van der Waals surface area contributed by atoms with Crippen LogP contribution in [0, 0.1) is 41.0 Å². The van der Waals surface area contributed by atoms with Crippen LogP contribution in [0.1, 0.15) is 135 Å². The normalized spacial score (nSPS) is 17.3. The number of anilines is 8. The molecule has 3 saturated carbocycles. The minimum Gasteiger partial charge on any atom is -0.384 e. The van der Waals surface area contributed by atoms with Gasteiger partial charge >= 0.3 is 0 Å². The van der Waals surface area contributed by atoms with Crippen molar-refractivity contribution < 1.29 is 55.9 Å². The molecule has 6 aliphatic rings. The van der Waals surface area contributed by atoms with Crippen molar-refractivity contribution in [2.75, 3.05) is 32.3 Å². The Kier molecular flexibility index (Phi) is 24.4. The van der Waals surface area contributed by atoms with Crippen LogP contribution in [0.2, 0.25) is 10.0 Å². The van der Waals surface area contributed by atoms with E-state index in [2.05, 4.69) is 77.4 Å². The lowest BCUT2D eigenvalue weighted by molar-refractivity contribution is -0.118. The van der Waals surface area contributed by atoms with Gasteiger partial charge < -0.3 is 59.0 Å². The van der Waals surface area contributed by atoms with Crippen molar-refractivity contribution in [3.05, 3.63) is 303 Å². The van der Waals surface area contributed by atoms with Crippen molar-refractivity contribution in [1.29, 1.82) is 0 Å². The van der Waals surface area contributed by atoms with E-state index >= 15 is 0 Å². The molecule has 118 heavy (non-hydrogen) atoms. The number of carbonyl (C=O) groups excluding carboxylic acids is 8. The maximum absolute atomic E-state index is 13.9. The number of nitrogens with two attached hydrogens (primary N) is 2. The predicted molar refractivity (Wildman–Crippen MR) is 425 cm³/mol. The summed E-state index contributed by atoms with van der Waals surface area (Å²) in [4.78, 5) is 169. The Hall–Kier alpha value is -14.4. The van der Waals surface area contributed by atoms with Crippen LogP contribution in [0.5, 0.6) is 0 Å². The second-order valence-corrected chi connectivity index (χ2v) is 28.6. The summed E-state index contributed by atoms with van der Waals surface area (Å²) in [5, 5.41) is 22.3. The lowest BCUT2D eigenvalue weighted by Gasteiger charge is -2.28. The second kappa shape index (κ2) is 34.7. The van der Waals surface area contributed by atoms with Crippen LogP contribution in [0.4, 0.5) is 63.8 Å². The van der Waals surface area contributed by atoms with Crippen LogP contribution < -0.4 is 76.2 Å². The number of aromatic amines is 1. The number of Topliss-reactive ketones (excluding diaryl/α,β-unsaturated/α-hetero) is 1. The first-order chi connectivity index (χ1) is 56.2. The largest absolute Gasteiger partial charge is 0.384 e. The van der Waals surface area contributed by atoms with E-state index in [1.165, 1.54) is 173 Å². The Morgan fingerprint density at radius 3 is 1.13 bits per heavy atom. The molecular formula is C80H70Cl2F4N20O12. The minimum atomic E-state index is -1.27. The Morgan fingerprint density at radius 1 is 0.432 bits per heavy atom. The number of nitrogens with one attached hydrogen (secondary N) is 9. The molecule has 11 aromatic rings. The van der Waals surface area contributed by atoms with Gasteiger partial charge in [-0.25, -0.2) is 47.5 Å². The molecule has 0 spiro atoms. The first-order valence-corrected chi connectivity index (χ1v) is 36.8. The molecule has 3 aliphatic heterocycles. The summed E-state index contributed by atoms with van der Waals surface area (Å²) in [6, 6.07) is 39.0. The molecule has 7 aromatic heterocycles. The van der Waals surface area contributed by atoms with Gasteiger partial charge in [0.05, 0.1) is 0 Å². The lowest BCUT2D eigenvalue weighted by Crippen LogP contribution is -2.46. The highest BCUT2D eigenvalue weighted by atomic mass is 35.5. The summed E-state index contributed by atoms with van der Waals surface area (Å²) in [6.07, 6.45) is 9.30. The summed E-state index contributed by atoms with van der Waals surface area (Å²) < 4.78 is 57.4. The number of ketones is 1. The summed E-state index contributed by atoms with van der Waals surface area (Å²) in [5.74, 6) is -1.69. The van der Waals surface area contributed by atoms with Crippen LogP contribution in [0.15, 0.2) is 202 Å². The fourth-order valence-corrected chi connectivity index (χ4v) is 12.6. The summed E-state index contributed by atoms with van der Waals surface area (Å²) in [5.41, 5.74) is 7.26. The number of nitrogens with zero attached hydrogens (tertiary/aromatic N) is 9. The molecule has 0 saturated heterocycles. The number of hydrogen-bond donors (Lipinski definition) is 11. The molecule has 3 aliphatic carbocycles. The highest BCUT2D eigenvalue weighted by Gasteiger charge is 2.45. The van der Waals surface area contributed by atoms with Crippen molar-refractivity contribution in [2.45, 2.75) is 83.2 Å². The number of H-pyrrole nitrogens is 1. The van der Waals surface area contributed by atoms with E-state index in [1.807, 2.05) is 0 Å². The van der Waals surface area contributed by atoms with Gasteiger partial charge in [0.1, 0.15) is 138 Å². The molecule has 13 N–H and O–H groups in total. The monoisotopic (exact) mass is 1650 g/mol. The van der Waals surface area contributed by atoms with Gasteiger partial charge in [0.15, 0.2) is 5.78 Å². The Balaban J connectivity index is 0.000000138. The highest BCUT2D eigenvalue weighted by Crippen LogP contribution is 2.36. The van der Waals surface area contributed by atoms with Crippen LogP contribution in [-0.2, 0) is 31.4 Å². The standard InChI is InChI=1S/2C22H19FN6O3.C14H10ClFN2O2.C8H7FO.C8H10N4O.C6H5ClN2O2/c2*1-22(13-3-2-4-14(23)9-13)28-20(31)16-8-7-15(21(32)29(16)22)26-17-10-18(25-11-24-17)27-19(30)12-5-6-12;1-14(8-3-2-4-9(16)7-8)17-12(19)11-6-5-10(15)13(20)18(11)14;1-6(10)7-3-2-4-8(9)5-7;9-6-3-7(11-4-10-6)12-8(13)5-1-2-5;7-3-1-2-4(5(8)10)9-6(3)11/h2*2-4,7-12H,5-6H2,1H3,(H,28,31)(H2,24,25,26,27,30);2-7H,1H3,(H,17,19);2-5H,1H3;3-5H,1-2H2,(H3,9,10,11,12,13);1-2H,(H2,8,10)(H,9,11). The zero-order valence-corrected chi connectivity index (χ0v) is 64.2. The van der Waals surface area contributed by atoms with E-state index < -0.39 is 80.3 Å². The van der Waals surface area contributed by atoms with Crippen LogP contribution >= 0.6 is 23.2 Å². The van der Waals surface area contributed by atoms with E-state index in [9.17, 15) is 75.1 Å². The molecule has 3 unspecified atom stereocenters. The van der Waals surface area contributed by atoms with Gasteiger partial charge in [0.2, 0.25) is 17.7 Å². The van der Waals surface area contributed by atoms with E-state index in [1.54, 1.807) is 51.1 Å². The molecule has 17 rings (SSSR count). The number of fused-ring (bicyclic) bond motifs is 3. The number of amides is 7. The molecule has 3 atom stereocenters. The Labute approximate surface area is 675 Å². The van der Waals surface area contributed by atoms with Crippen molar-refractivity contribution in [3.63, 3.8) is 0 Å². The molecule has 32 nitrogen and oxygen atoms in total. The summed E-state index contributed by atoms with van der Waals surface area (Å²) in [7, 11) is 0. The number of rotatable bonds is 15. The van der Waals surface area contributed by atoms with Gasteiger partial charge in [-0.15, -0.1) is 0 Å². The van der Waals surface area contributed by atoms with E-state index in [0.29, 0.717) is 57.2 Å². The Bertz CT molecular complexity index is 5920. The average Bonchev–Trinajstić information content (AvgIpc) is 1.58. The van der Waals surface area contributed by atoms with Crippen LogP contribution in [0.3, 0.4) is 0 Å². The van der Waals surface area contributed by atoms with E-state index in [0.717, 1.165) is 38.5 Å². The fraction of sp³-hybridized carbons (Fsp3) is 0.200. The van der Waals surface area contributed by atoms with Gasteiger partial charge in [0, 0.05) is 58.2 Å². The maximum atomic E-state index is 13.9.